The molecule has 2 aromatic rings. The zero-order valence-electron chi connectivity index (χ0n) is 11.5. The Kier molecular flexibility index (Phi) is 4.00. The summed E-state index contributed by atoms with van der Waals surface area (Å²) < 4.78 is 7.19. The van der Waals surface area contributed by atoms with E-state index in [1.165, 1.54) is 0 Å². The smallest absolute Gasteiger partial charge is 0.213 e. The van der Waals surface area contributed by atoms with Crippen LogP contribution in [0.5, 0.6) is 5.75 Å². The number of aromatic nitrogens is 2. The Balaban J connectivity index is 2.15. The van der Waals surface area contributed by atoms with E-state index in [1.807, 2.05) is 26.1 Å². The van der Waals surface area contributed by atoms with Crippen LogP contribution in [0.4, 0.5) is 0 Å². The highest BCUT2D eigenvalue weighted by molar-refractivity contribution is 6.07. The Morgan fingerprint density at radius 2 is 2.00 bits per heavy atom. The van der Waals surface area contributed by atoms with E-state index >= 15 is 0 Å². The second kappa shape index (κ2) is 5.69. The highest BCUT2D eigenvalue weighted by Crippen LogP contribution is 2.15. The van der Waals surface area contributed by atoms with Crippen molar-refractivity contribution in [3.63, 3.8) is 0 Å². The van der Waals surface area contributed by atoms with Crippen LogP contribution in [0.3, 0.4) is 0 Å². The Hall–Kier alpha value is -2.10. The van der Waals surface area contributed by atoms with Crippen molar-refractivity contribution >= 4 is 5.78 Å². The molecule has 1 aromatic heterocycles. The minimum atomic E-state index is -0.0641. The van der Waals surface area contributed by atoms with Crippen LogP contribution in [0.25, 0.3) is 0 Å². The monoisotopic (exact) mass is 258 g/mol. The van der Waals surface area contributed by atoms with Gasteiger partial charge in [0.25, 0.3) is 0 Å². The molecule has 2 rings (SSSR count). The summed E-state index contributed by atoms with van der Waals surface area (Å²) in [7, 11) is 1.83. The van der Waals surface area contributed by atoms with E-state index in [1.54, 1.807) is 22.9 Å². The SMILES string of the molecule is CCCOc1ccc(C(=O)c2cc(C)n(C)n2)cc1. The summed E-state index contributed by atoms with van der Waals surface area (Å²) in [5.74, 6) is 0.723. The third-order valence-electron chi connectivity index (χ3n) is 2.94. The maximum Gasteiger partial charge on any atom is 0.213 e. The van der Waals surface area contributed by atoms with Crippen LogP contribution in [0.2, 0.25) is 0 Å². The van der Waals surface area contributed by atoms with E-state index in [-0.39, 0.29) is 5.78 Å². The van der Waals surface area contributed by atoms with Crippen molar-refractivity contribution < 1.29 is 9.53 Å². The lowest BCUT2D eigenvalue weighted by Gasteiger charge is -2.04. The molecule has 0 saturated carbocycles. The highest BCUT2D eigenvalue weighted by Gasteiger charge is 2.13. The fraction of sp³-hybridized carbons (Fsp3) is 0.333. The second-order valence-corrected chi connectivity index (χ2v) is 4.50. The van der Waals surface area contributed by atoms with Gasteiger partial charge >= 0.3 is 0 Å². The van der Waals surface area contributed by atoms with Crippen molar-refractivity contribution in [2.75, 3.05) is 6.61 Å². The quantitative estimate of drug-likeness (QED) is 0.774. The minimum absolute atomic E-state index is 0.0641. The highest BCUT2D eigenvalue weighted by atomic mass is 16.5. The van der Waals surface area contributed by atoms with E-state index in [4.69, 9.17) is 4.74 Å². The predicted molar refractivity (Wildman–Crippen MR) is 73.6 cm³/mol. The van der Waals surface area contributed by atoms with Gasteiger partial charge in [-0.2, -0.15) is 5.10 Å². The Morgan fingerprint density at radius 3 is 2.53 bits per heavy atom. The standard InChI is InChI=1S/C15H18N2O2/c1-4-9-19-13-7-5-12(6-8-13)15(18)14-10-11(2)17(3)16-14/h5-8,10H,4,9H2,1-3H3. The topological polar surface area (TPSA) is 44.1 Å². The van der Waals surface area contributed by atoms with Crippen molar-refractivity contribution in [1.29, 1.82) is 0 Å². The molecule has 0 radical (unpaired) electrons. The average Bonchev–Trinajstić information content (AvgIpc) is 2.76. The maximum atomic E-state index is 12.2. The number of carbonyl (C=O) groups is 1. The van der Waals surface area contributed by atoms with Gasteiger partial charge in [0.1, 0.15) is 11.4 Å². The van der Waals surface area contributed by atoms with E-state index < -0.39 is 0 Å². The molecule has 1 heterocycles. The molecular formula is C15H18N2O2. The van der Waals surface area contributed by atoms with Crippen LogP contribution in [-0.4, -0.2) is 22.2 Å². The molecule has 4 nitrogen and oxygen atoms in total. The zero-order valence-corrected chi connectivity index (χ0v) is 11.5. The van der Waals surface area contributed by atoms with Crippen molar-refractivity contribution in [1.82, 2.24) is 9.78 Å². The number of hydrogen-bond acceptors (Lipinski definition) is 3. The van der Waals surface area contributed by atoms with Crippen LogP contribution in [0, 0.1) is 6.92 Å². The summed E-state index contributed by atoms with van der Waals surface area (Å²) in [5.41, 5.74) is 2.07. The Bertz CT molecular complexity index is 551. The minimum Gasteiger partial charge on any atom is -0.494 e. The number of nitrogens with zero attached hydrogens (tertiary/aromatic N) is 2. The first-order valence-electron chi connectivity index (χ1n) is 6.40. The summed E-state index contributed by atoms with van der Waals surface area (Å²) in [5, 5.41) is 4.19. The van der Waals surface area contributed by atoms with Gasteiger partial charge < -0.3 is 4.74 Å². The molecule has 0 saturated heterocycles. The van der Waals surface area contributed by atoms with E-state index in [2.05, 4.69) is 12.0 Å². The van der Waals surface area contributed by atoms with Gasteiger partial charge in [0.05, 0.1) is 6.61 Å². The largest absolute Gasteiger partial charge is 0.494 e. The predicted octanol–water partition coefficient (Wildman–Crippen LogP) is 2.75. The summed E-state index contributed by atoms with van der Waals surface area (Å²) in [4.78, 5) is 12.2. The fourth-order valence-corrected chi connectivity index (χ4v) is 1.74. The van der Waals surface area contributed by atoms with Gasteiger partial charge in [-0.05, 0) is 43.7 Å². The number of carbonyl (C=O) groups excluding carboxylic acids is 1. The first-order valence-corrected chi connectivity index (χ1v) is 6.40. The van der Waals surface area contributed by atoms with Crippen LogP contribution in [-0.2, 0) is 7.05 Å². The molecule has 0 aliphatic rings. The summed E-state index contributed by atoms with van der Waals surface area (Å²) in [6.45, 7) is 4.67. The van der Waals surface area contributed by atoms with Crippen molar-refractivity contribution in [3.8, 4) is 5.75 Å². The number of ether oxygens (including phenoxy) is 1. The van der Waals surface area contributed by atoms with Crippen LogP contribution < -0.4 is 4.74 Å². The van der Waals surface area contributed by atoms with Gasteiger partial charge in [-0.25, -0.2) is 0 Å². The van der Waals surface area contributed by atoms with Crippen LogP contribution in [0.15, 0.2) is 30.3 Å². The van der Waals surface area contributed by atoms with Gasteiger partial charge in [-0.15, -0.1) is 0 Å². The molecule has 0 bridgehead atoms. The molecule has 100 valence electrons. The lowest BCUT2D eigenvalue weighted by Crippen LogP contribution is -2.03. The molecule has 19 heavy (non-hydrogen) atoms. The summed E-state index contributed by atoms with van der Waals surface area (Å²) >= 11 is 0. The maximum absolute atomic E-state index is 12.2. The van der Waals surface area contributed by atoms with Gasteiger partial charge in [-0.1, -0.05) is 6.92 Å². The molecule has 0 atom stereocenters. The number of rotatable bonds is 5. The first-order chi connectivity index (χ1) is 9.11. The van der Waals surface area contributed by atoms with Gasteiger partial charge in [-0.3, -0.25) is 9.48 Å². The average molecular weight is 258 g/mol. The molecule has 1 aromatic carbocycles. The van der Waals surface area contributed by atoms with E-state index in [0.29, 0.717) is 17.9 Å². The zero-order chi connectivity index (χ0) is 13.8. The number of ketones is 1. The Labute approximate surface area is 113 Å². The van der Waals surface area contributed by atoms with Gasteiger partial charge in [0.15, 0.2) is 0 Å². The number of hydrogen-bond donors (Lipinski definition) is 0. The van der Waals surface area contributed by atoms with E-state index in [0.717, 1.165) is 17.9 Å². The third-order valence-corrected chi connectivity index (χ3v) is 2.94. The number of benzene rings is 1. The molecule has 0 aliphatic heterocycles. The lowest BCUT2D eigenvalue weighted by atomic mass is 10.1. The van der Waals surface area contributed by atoms with Gasteiger partial charge in [0.2, 0.25) is 5.78 Å². The molecular weight excluding hydrogens is 240 g/mol. The van der Waals surface area contributed by atoms with Crippen molar-refractivity contribution in [3.05, 3.63) is 47.3 Å². The molecule has 0 aliphatic carbocycles. The second-order valence-electron chi connectivity index (χ2n) is 4.50. The van der Waals surface area contributed by atoms with Crippen LogP contribution in [0.1, 0.15) is 35.1 Å². The van der Waals surface area contributed by atoms with Crippen LogP contribution >= 0.6 is 0 Å². The van der Waals surface area contributed by atoms with Gasteiger partial charge in [0, 0.05) is 18.3 Å². The fourth-order valence-electron chi connectivity index (χ4n) is 1.74. The van der Waals surface area contributed by atoms with Crippen molar-refractivity contribution in [2.24, 2.45) is 7.05 Å². The third kappa shape index (κ3) is 3.02. The van der Waals surface area contributed by atoms with E-state index in [9.17, 15) is 4.79 Å². The molecule has 0 N–H and O–H groups in total. The summed E-state index contributed by atoms with van der Waals surface area (Å²) in [6.07, 6.45) is 0.966. The molecule has 0 fully saturated rings. The molecule has 0 spiro atoms. The lowest BCUT2D eigenvalue weighted by molar-refractivity contribution is 0.103. The normalized spacial score (nSPS) is 10.5. The molecule has 0 amide bonds. The number of aryl methyl sites for hydroxylation is 2. The van der Waals surface area contributed by atoms with Crippen molar-refractivity contribution in [2.45, 2.75) is 20.3 Å². The molecule has 0 unspecified atom stereocenters. The Morgan fingerprint density at radius 1 is 1.32 bits per heavy atom. The molecule has 4 heteroatoms. The summed E-state index contributed by atoms with van der Waals surface area (Å²) in [6, 6.07) is 8.98. The first kappa shape index (κ1) is 13.3.